The SMILES string of the molecule is CC(=O)NC[C@H]1CN(c2ccc(N3CC(O)C(O)C3)c(F)c2)C(=O)O1. The normalized spacial score (nSPS) is 26.1. The molecule has 1 aromatic carbocycles. The first kappa shape index (κ1) is 17.4. The van der Waals surface area contributed by atoms with E-state index in [4.69, 9.17) is 4.74 Å². The highest BCUT2D eigenvalue weighted by molar-refractivity contribution is 5.90. The van der Waals surface area contributed by atoms with Crippen LogP contribution in [0.2, 0.25) is 0 Å². The Bertz CT molecular complexity index is 676. The van der Waals surface area contributed by atoms with Gasteiger partial charge in [-0.25, -0.2) is 9.18 Å². The molecule has 25 heavy (non-hydrogen) atoms. The number of benzene rings is 1. The fraction of sp³-hybridized carbons (Fsp3) is 0.500. The molecule has 8 nitrogen and oxygen atoms in total. The van der Waals surface area contributed by atoms with Crippen molar-refractivity contribution in [1.29, 1.82) is 0 Å². The zero-order valence-corrected chi connectivity index (χ0v) is 13.7. The van der Waals surface area contributed by atoms with Crippen LogP contribution in [0.1, 0.15) is 6.92 Å². The molecular formula is C16H20FN3O5. The van der Waals surface area contributed by atoms with Gasteiger partial charge in [0.05, 0.1) is 36.7 Å². The molecule has 2 unspecified atom stereocenters. The molecule has 3 N–H and O–H groups in total. The summed E-state index contributed by atoms with van der Waals surface area (Å²) in [4.78, 5) is 25.7. The van der Waals surface area contributed by atoms with E-state index in [9.17, 15) is 24.2 Å². The lowest BCUT2D eigenvalue weighted by molar-refractivity contribution is -0.119. The topological polar surface area (TPSA) is 102 Å². The second kappa shape index (κ2) is 6.85. The average molecular weight is 353 g/mol. The van der Waals surface area contributed by atoms with Gasteiger partial charge in [0.2, 0.25) is 5.91 Å². The summed E-state index contributed by atoms with van der Waals surface area (Å²) in [6.07, 6.45) is -2.93. The summed E-state index contributed by atoms with van der Waals surface area (Å²) < 4.78 is 19.6. The van der Waals surface area contributed by atoms with Crippen molar-refractivity contribution in [2.45, 2.75) is 25.2 Å². The van der Waals surface area contributed by atoms with E-state index >= 15 is 0 Å². The third-order valence-corrected chi connectivity index (χ3v) is 4.30. The molecule has 136 valence electrons. The first-order valence-corrected chi connectivity index (χ1v) is 7.98. The van der Waals surface area contributed by atoms with Crippen LogP contribution in [0, 0.1) is 5.82 Å². The molecular weight excluding hydrogens is 333 g/mol. The number of hydrogen-bond donors (Lipinski definition) is 3. The number of carbonyl (C=O) groups is 2. The van der Waals surface area contributed by atoms with Crippen LogP contribution in [0.15, 0.2) is 18.2 Å². The van der Waals surface area contributed by atoms with Gasteiger partial charge in [0.25, 0.3) is 0 Å². The minimum absolute atomic E-state index is 0.141. The second-order valence-electron chi connectivity index (χ2n) is 6.23. The van der Waals surface area contributed by atoms with E-state index in [0.717, 1.165) is 0 Å². The van der Waals surface area contributed by atoms with Crippen molar-refractivity contribution in [2.75, 3.05) is 36.0 Å². The lowest BCUT2D eigenvalue weighted by Crippen LogP contribution is -2.33. The Morgan fingerprint density at radius 3 is 2.60 bits per heavy atom. The zero-order chi connectivity index (χ0) is 18.1. The van der Waals surface area contributed by atoms with Gasteiger partial charge in [-0.15, -0.1) is 0 Å². The van der Waals surface area contributed by atoms with Gasteiger partial charge < -0.3 is 25.2 Å². The van der Waals surface area contributed by atoms with E-state index in [0.29, 0.717) is 5.69 Å². The van der Waals surface area contributed by atoms with Crippen molar-refractivity contribution in [3.8, 4) is 0 Å². The summed E-state index contributed by atoms with van der Waals surface area (Å²) in [5.41, 5.74) is 0.596. The number of anilines is 2. The summed E-state index contributed by atoms with van der Waals surface area (Å²) in [7, 11) is 0. The van der Waals surface area contributed by atoms with Crippen molar-refractivity contribution in [1.82, 2.24) is 5.32 Å². The third-order valence-electron chi connectivity index (χ3n) is 4.30. The zero-order valence-electron chi connectivity index (χ0n) is 13.7. The lowest BCUT2D eigenvalue weighted by Gasteiger charge is -2.20. The molecule has 0 aromatic heterocycles. The maximum Gasteiger partial charge on any atom is 0.414 e. The Labute approximate surface area is 143 Å². The number of β-amino-alcohol motifs (C(OH)–C–C–N with tert-alkyl or cyclic N) is 2. The number of ether oxygens (including phenoxy) is 1. The number of aliphatic hydroxyl groups is 2. The van der Waals surface area contributed by atoms with Gasteiger partial charge in [0.1, 0.15) is 11.9 Å². The van der Waals surface area contributed by atoms with Crippen LogP contribution in [0.4, 0.5) is 20.6 Å². The number of hydrogen-bond acceptors (Lipinski definition) is 6. The second-order valence-corrected chi connectivity index (χ2v) is 6.23. The van der Waals surface area contributed by atoms with Crippen molar-refractivity contribution in [3.63, 3.8) is 0 Å². The number of cyclic esters (lactones) is 1. The molecule has 0 radical (unpaired) electrons. The Morgan fingerprint density at radius 2 is 2.00 bits per heavy atom. The highest BCUT2D eigenvalue weighted by Crippen LogP contribution is 2.29. The molecule has 3 atom stereocenters. The molecule has 2 heterocycles. The molecule has 9 heteroatoms. The minimum Gasteiger partial charge on any atom is -0.442 e. The van der Waals surface area contributed by atoms with E-state index in [2.05, 4.69) is 5.32 Å². The van der Waals surface area contributed by atoms with Gasteiger partial charge in [-0.1, -0.05) is 0 Å². The molecule has 3 rings (SSSR count). The molecule has 1 aromatic rings. The quantitative estimate of drug-likeness (QED) is 0.695. The van der Waals surface area contributed by atoms with Crippen LogP contribution in [-0.2, 0) is 9.53 Å². The van der Waals surface area contributed by atoms with Crippen LogP contribution in [0.3, 0.4) is 0 Å². The minimum atomic E-state index is -0.915. The summed E-state index contributed by atoms with van der Waals surface area (Å²) in [6.45, 7) is 2.06. The number of aliphatic hydroxyl groups excluding tert-OH is 2. The fourth-order valence-electron chi connectivity index (χ4n) is 2.98. The highest BCUT2D eigenvalue weighted by Gasteiger charge is 2.34. The van der Waals surface area contributed by atoms with E-state index in [-0.39, 0.29) is 37.8 Å². The highest BCUT2D eigenvalue weighted by atomic mass is 19.1. The molecule has 2 saturated heterocycles. The smallest absolute Gasteiger partial charge is 0.414 e. The van der Waals surface area contributed by atoms with Gasteiger partial charge in [-0.05, 0) is 18.2 Å². The van der Waals surface area contributed by atoms with Gasteiger partial charge in [0.15, 0.2) is 0 Å². The predicted octanol–water partition coefficient (Wildman–Crippen LogP) is -0.171. The van der Waals surface area contributed by atoms with E-state index in [1.807, 2.05) is 0 Å². The van der Waals surface area contributed by atoms with Gasteiger partial charge in [-0.2, -0.15) is 0 Å². The number of nitrogens with zero attached hydrogens (tertiary/aromatic N) is 2. The summed E-state index contributed by atoms with van der Waals surface area (Å²) >= 11 is 0. The molecule has 0 bridgehead atoms. The van der Waals surface area contributed by atoms with E-state index in [1.54, 1.807) is 11.0 Å². The summed E-state index contributed by atoms with van der Waals surface area (Å²) in [5, 5.41) is 21.7. The van der Waals surface area contributed by atoms with Crippen molar-refractivity contribution >= 4 is 23.4 Å². The van der Waals surface area contributed by atoms with Crippen LogP contribution < -0.4 is 15.1 Å². The lowest BCUT2D eigenvalue weighted by atomic mass is 10.2. The van der Waals surface area contributed by atoms with Crippen LogP contribution in [0.25, 0.3) is 0 Å². The maximum atomic E-state index is 14.4. The fourth-order valence-corrected chi connectivity index (χ4v) is 2.98. The summed E-state index contributed by atoms with van der Waals surface area (Å²) in [5.74, 6) is -0.781. The van der Waals surface area contributed by atoms with Gasteiger partial charge in [0, 0.05) is 20.0 Å². The predicted molar refractivity (Wildman–Crippen MR) is 86.9 cm³/mol. The molecule has 2 fully saturated rings. The molecule has 2 aliphatic heterocycles. The Morgan fingerprint density at radius 1 is 1.32 bits per heavy atom. The van der Waals surface area contributed by atoms with E-state index < -0.39 is 30.2 Å². The van der Waals surface area contributed by atoms with Crippen molar-refractivity contribution < 1.29 is 28.9 Å². The van der Waals surface area contributed by atoms with Crippen LogP contribution in [0.5, 0.6) is 0 Å². The van der Waals surface area contributed by atoms with Crippen LogP contribution >= 0.6 is 0 Å². The van der Waals surface area contributed by atoms with E-state index in [1.165, 1.54) is 24.0 Å². The van der Waals surface area contributed by atoms with Crippen molar-refractivity contribution in [3.05, 3.63) is 24.0 Å². The number of nitrogens with one attached hydrogen (secondary N) is 1. The average Bonchev–Trinajstić information content (AvgIpc) is 3.08. The first-order valence-electron chi connectivity index (χ1n) is 7.98. The monoisotopic (exact) mass is 353 g/mol. The standard InChI is InChI=1S/C16H20FN3O5/c1-9(21)18-5-11-6-20(16(24)25-11)10-2-3-13(12(17)4-10)19-7-14(22)15(23)8-19/h2-4,11,14-15,22-23H,5-8H2,1H3,(H,18,21)/t11-,14?,15?/m0/s1. The molecule has 0 aliphatic carbocycles. The Hall–Kier alpha value is -2.39. The molecule has 2 aliphatic rings. The molecule has 0 saturated carbocycles. The number of rotatable bonds is 4. The van der Waals surface area contributed by atoms with Crippen molar-refractivity contribution in [2.24, 2.45) is 0 Å². The number of carbonyl (C=O) groups excluding carboxylic acids is 2. The Kier molecular flexibility index (Phi) is 4.78. The molecule has 0 spiro atoms. The Balaban J connectivity index is 1.70. The number of halogens is 1. The molecule has 2 amide bonds. The third kappa shape index (κ3) is 3.67. The maximum absolute atomic E-state index is 14.4. The first-order chi connectivity index (χ1) is 11.8. The van der Waals surface area contributed by atoms with Gasteiger partial charge in [-0.3, -0.25) is 9.69 Å². The number of amides is 2. The summed E-state index contributed by atoms with van der Waals surface area (Å²) in [6, 6.07) is 4.30. The largest absolute Gasteiger partial charge is 0.442 e. The van der Waals surface area contributed by atoms with Gasteiger partial charge >= 0.3 is 6.09 Å². The van der Waals surface area contributed by atoms with Crippen LogP contribution in [-0.4, -0.2) is 66.7 Å².